The molecule has 1 aliphatic carbocycles. The summed E-state index contributed by atoms with van der Waals surface area (Å²) in [5.74, 6) is 2.39. The summed E-state index contributed by atoms with van der Waals surface area (Å²) in [7, 11) is 0. The van der Waals surface area contributed by atoms with Gasteiger partial charge in [0.25, 0.3) is 5.89 Å². The Bertz CT molecular complexity index is 668. The Kier molecular flexibility index (Phi) is 4.10. The number of hydrogen-bond acceptors (Lipinski definition) is 6. The van der Waals surface area contributed by atoms with E-state index in [1.54, 1.807) is 0 Å². The van der Waals surface area contributed by atoms with Gasteiger partial charge in [0.2, 0.25) is 0 Å². The molecule has 0 bridgehead atoms. The lowest BCUT2D eigenvalue weighted by molar-refractivity contribution is 0.0623. The third-order valence-electron chi connectivity index (χ3n) is 4.70. The number of rotatable bonds is 6. The van der Waals surface area contributed by atoms with Gasteiger partial charge in [-0.15, -0.1) is 0 Å². The highest BCUT2D eigenvalue weighted by Crippen LogP contribution is 2.40. The van der Waals surface area contributed by atoms with Crippen LogP contribution in [0, 0.1) is 12.8 Å². The van der Waals surface area contributed by atoms with E-state index in [4.69, 9.17) is 9.26 Å². The lowest BCUT2D eigenvalue weighted by Gasteiger charge is -2.16. The van der Waals surface area contributed by atoms with Crippen molar-refractivity contribution < 1.29 is 9.26 Å². The highest BCUT2D eigenvalue weighted by atomic mass is 16.5. The first-order valence-corrected chi connectivity index (χ1v) is 8.37. The van der Waals surface area contributed by atoms with Crippen molar-refractivity contribution in [3.05, 3.63) is 41.3 Å². The minimum atomic E-state index is -0.0718. The Morgan fingerprint density at radius 1 is 1.30 bits per heavy atom. The molecular weight excluding hydrogens is 292 g/mol. The molecule has 122 valence electrons. The van der Waals surface area contributed by atoms with Gasteiger partial charge in [-0.3, -0.25) is 4.98 Å². The van der Waals surface area contributed by atoms with Crippen molar-refractivity contribution in [2.24, 2.45) is 5.92 Å². The molecule has 6 nitrogen and oxygen atoms in total. The van der Waals surface area contributed by atoms with Gasteiger partial charge < -0.3 is 14.6 Å². The van der Waals surface area contributed by atoms with E-state index >= 15 is 0 Å². The van der Waals surface area contributed by atoms with Crippen LogP contribution in [0.4, 0.5) is 0 Å². The van der Waals surface area contributed by atoms with E-state index in [2.05, 4.69) is 26.5 Å². The van der Waals surface area contributed by atoms with Gasteiger partial charge in [0.05, 0.1) is 0 Å². The van der Waals surface area contributed by atoms with Crippen molar-refractivity contribution in [2.45, 2.75) is 44.8 Å². The van der Waals surface area contributed by atoms with Crippen LogP contribution in [0.15, 0.2) is 22.9 Å². The maximum absolute atomic E-state index is 5.84. The molecule has 2 aliphatic rings. The molecular formula is C17H22N4O2. The van der Waals surface area contributed by atoms with Crippen molar-refractivity contribution in [3.8, 4) is 0 Å². The number of nitrogens with zero attached hydrogens (tertiary/aromatic N) is 3. The van der Waals surface area contributed by atoms with Gasteiger partial charge in [-0.05, 0) is 37.8 Å². The van der Waals surface area contributed by atoms with Crippen molar-refractivity contribution in [1.29, 1.82) is 0 Å². The van der Waals surface area contributed by atoms with E-state index in [0.29, 0.717) is 17.7 Å². The lowest BCUT2D eigenvalue weighted by Crippen LogP contribution is -2.25. The first-order valence-electron chi connectivity index (χ1n) is 8.37. The van der Waals surface area contributed by atoms with Crippen LogP contribution < -0.4 is 5.32 Å². The molecule has 1 saturated carbocycles. The Hall–Kier alpha value is -1.79. The first kappa shape index (κ1) is 14.8. The molecule has 2 fully saturated rings. The van der Waals surface area contributed by atoms with Crippen molar-refractivity contribution in [1.82, 2.24) is 20.4 Å². The topological polar surface area (TPSA) is 73.1 Å². The molecule has 0 amide bonds. The van der Waals surface area contributed by atoms with Crippen LogP contribution in [-0.2, 0) is 11.3 Å². The molecule has 0 radical (unpaired) electrons. The number of hydrogen-bond donors (Lipinski definition) is 1. The zero-order chi connectivity index (χ0) is 15.6. The zero-order valence-corrected chi connectivity index (χ0v) is 13.4. The molecule has 6 heteroatoms. The predicted molar refractivity (Wildman–Crippen MR) is 83.8 cm³/mol. The summed E-state index contributed by atoms with van der Waals surface area (Å²) in [6.45, 7) is 4.49. The normalized spacial score (nSPS) is 24.2. The van der Waals surface area contributed by atoms with E-state index in [0.717, 1.165) is 37.6 Å². The Morgan fingerprint density at radius 3 is 3.04 bits per heavy atom. The Labute approximate surface area is 135 Å². The van der Waals surface area contributed by atoms with Gasteiger partial charge in [-0.2, -0.15) is 4.98 Å². The standard InChI is InChI=1S/C17H22N4O2/c1-11-13(3-2-7-19-11)9-18-10-14-6-8-22-15(14)17-20-16(21-23-17)12-4-5-12/h2-3,7,12,14-15,18H,4-6,8-10H2,1H3/t14-,15-/m0/s1. The monoisotopic (exact) mass is 314 g/mol. The van der Waals surface area contributed by atoms with Crippen LogP contribution >= 0.6 is 0 Å². The second kappa shape index (κ2) is 6.37. The molecule has 2 aromatic heterocycles. The molecule has 0 aromatic carbocycles. The maximum Gasteiger partial charge on any atom is 0.256 e. The number of nitrogens with one attached hydrogen (secondary N) is 1. The molecule has 1 saturated heterocycles. The summed E-state index contributed by atoms with van der Waals surface area (Å²) in [5, 5.41) is 7.62. The molecule has 23 heavy (non-hydrogen) atoms. The van der Waals surface area contributed by atoms with E-state index < -0.39 is 0 Å². The van der Waals surface area contributed by atoms with Gasteiger partial charge in [0.1, 0.15) is 6.10 Å². The molecule has 2 atom stereocenters. The van der Waals surface area contributed by atoms with Crippen LogP contribution in [0.1, 0.15) is 54.3 Å². The van der Waals surface area contributed by atoms with Crippen LogP contribution in [0.25, 0.3) is 0 Å². The van der Waals surface area contributed by atoms with Crippen LogP contribution in [0.3, 0.4) is 0 Å². The average Bonchev–Trinajstić information content (AvgIpc) is 3.11. The van der Waals surface area contributed by atoms with Crippen molar-refractivity contribution in [3.63, 3.8) is 0 Å². The molecule has 1 aliphatic heterocycles. The zero-order valence-electron chi connectivity index (χ0n) is 13.4. The molecule has 0 spiro atoms. The molecule has 0 unspecified atom stereocenters. The summed E-state index contributed by atoms with van der Waals surface area (Å²) in [5.41, 5.74) is 2.31. The molecule has 3 heterocycles. The highest BCUT2D eigenvalue weighted by Gasteiger charge is 2.36. The van der Waals surface area contributed by atoms with Gasteiger partial charge in [-0.25, -0.2) is 0 Å². The van der Waals surface area contributed by atoms with Gasteiger partial charge in [0, 0.05) is 43.4 Å². The fourth-order valence-electron chi connectivity index (χ4n) is 3.08. The van der Waals surface area contributed by atoms with Crippen molar-refractivity contribution in [2.75, 3.05) is 13.2 Å². The molecule has 2 aromatic rings. The minimum absolute atomic E-state index is 0.0718. The summed E-state index contributed by atoms with van der Waals surface area (Å²) in [6.07, 6.45) is 5.13. The number of pyridine rings is 1. The number of ether oxygens (including phenoxy) is 1. The highest BCUT2D eigenvalue weighted by molar-refractivity contribution is 5.17. The van der Waals surface area contributed by atoms with Crippen LogP contribution in [0.2, 0.25) is 0 Å². The number of aromatic nitrogens is 3. The van der Waals surface area contributed by atoms with Crippen LogP contribution in [0.5, 0.6) is 0 Å². The summed E-state index contributed by atoms with van der Waals surface area (Å²) in [4.78, 5) is 8.86. The third-order valence-corrected chi connectivity index (χ3v) is 4.70. The average molecular weight is 314 g/mol. The van der Waals surface area contributed by atoms with Gasteiger partial charge in [-0.1, -0.05) is 11.2 Å². The third kappa shape index (κ3) is 3.28. The largest absolute Gasteiger partial charge is 0.368 e. The molecule has 1 N–H and O–H groups in total. The minimum Gasteiger partial charge on any atom is -0.368 e. The summed E-state index contributed by atoms with van der Waals surface area (Å²) >= 11 is 0. The predicted octanol–water partition coefficient (Wildman–Crippen LogP) is 2.52. The van der Waals surface area contributed by atoms with Gasteiger partial charge >= 0.3 is 0 Å². The second-order valence-electron chi connectivity index (χ2n) is 6.48. The fraction of sp³-hybridized carbons (Fsp3) is 0.588. The van der Waals surface area contributed by atoms with E-state index in [-0.39, 0.29) is 6.10 Å². The van der Waals surface area contributed by atoms with Crippen molar-refractivity contribution >= 4 is 0 Å². The summed E-state index contributed by atoms with van der Waals surface area (Å²) < 4.78 is 11.3. The van der Waals surface area contributed by atoms with E-state index in [1.165, 1.54) is 18.4 Å². The SMILES string of the molecule is Cc1ncccc1CNC[C@@H]1CCO[C@@H]1c1nc(C2CC2)no1. The molecule has 4 rings (SSSR count). The summed E-state index contributed by atoms with van der Waals surface area (Å²) in [6, 6.07) is 4.08. The second-order valence-corrected chi connectivity index (χ2v) is 6.48. The Morgan fingerprint density at radius 2 is 2.22 bits per heavy atom. The van der Waals surface area contributed by atoms with E-state index in [1.807, 2.05) is 19.2 Å². The first-order chi connectivity index (χ1) is 11.3. The van der Waals surface area contributed by atoms with E-state index in [9.17, 15) is 0 Å². The lowest BCUT2D eigenvalue weighted by atomic mass is 10.0. The number of aryl methyl sites for hydroxylation is 1. The maximum atomic E-state index is 5.84. The fourth-order valence-corrected chi connectivity index (χ4v) is 3.08. The quantitative estimate of drug-likeness (QED) is 0.883. The van der Waals surface area contributed by atoms with Crippen LogP contribution in [-0.4, -0.2) is 28.3 Å². The van der Waals surface area contributed by atoms with Gasteiger partial charge in [0.15, 0.2) is 5.82 Å². The Balaban J connectivity index is 1.35. The smallest absolute Gasteiger partial charge is 0.256 e.